The van der Waals surface area contributed by atoms with Crippen LogP contribution in [0.2, 0.25) is 5.02 Å². The van der Waals surface area contributed by atoms with Crippen molar-refractivity contribution in [2.75, 3.05) is 7.11 Å². The highest BCUT2D eigenvalue weighted by Crippen LogP contribution is 2.35. The number of carboxylic acid groups (broad SMARTS) is 1. The molecule has 5 nitrogen and oxygen atoms in total. The molecule has 0 amide bonds. The van der Waals surface area contributed by atoms with Gasteiger partial charge in [-0.2, -0.15) is 0 Å². The molecule has 0 aliphatic heterocycles. The molecular weight excluding hydrogens is 302 g/mol. The van der Waals surface area contributed by atoms with E-state index in [1.54, 1.807) is 24.3 Å². The van der Waals surface area contributed by atoms with E-state index in [-0.39, 0.29) is 21.4 Å². The maximum Gasteiger partial charge on any atom is 0.347 e. The van der Waals surface area contributed by atoms with Crippen molar-refractivity contribution in [3.63, 3.8) is 0 Å². The number of aromatic nitrogens is 1. The van der Waals surface area contributed by atoms with E-state index in [2.05, 4.69) is 4.98 Å². The Kier molecular flexibility index (Phi) is 4.26. The monoisotopic (exact) mass is 311 g/mol. The molecule has 0 saturated heterocycles. The summed E-state index contributed by atoms with van der Waals surface area (Å²) in [5.74, 6) is -0.854. The third kappa shape index (κ3) is 3.09. The van der Waals surface area contributed by atoms with Crippen molar-refractivity contribution >= 4 is 41.1 Å². The number of phenols is 1. The zero-order valence-electron chi connectivity index (χ0n) is 10.3. The van der Waals surface area contributed by atoms with Crippen LogP contribution in [0.1, 0.15) is 20.2 Å². The van der Waals surface area contributed by atoms with E-state index in [4.69, 9.17) is 21.4 Å². The highest BCUT2D eigenvalue weighted by molar-refractivity contribution is 7.14. The molecule has 0 bridgehead atoms. The third-order valence-corrected chi connectivity index (χ3v) is 3.66. The van der Waals surface area contributed by atoms with E-state index in [1.165, 1.54) is 13.3 Å². The van der Waals surface area contributed by atoms with Crippen LogP contribution in [-0.4, -0.2) is 28.3 Å². The van der Waals surface area contributed by atoms with Gasteiger partial charge in [0.25, 0.3) is 0 Å². The molecule has 0 fully saturated rings. The lowest BCUT2D eigenvalue weighted by atomic mass is 10.2. The Hall–Kier alpha value is -2.05. The number of thiazole rings is 1. The minimum atomic E-state index is -1.00. The van der Waals surface area contributed by atoms with Crippen molar-refractivity contribution in [2.45, 2.75) is 0 Å². The second-order valence-electron chi connectivity index (χ2n) is 3.75. The smallest absolute Gasteiger partial charge is 0.347 e. The number of hydrogen-bond donors (Lipinski definition) is 2. The Balaban J connectivity index is 2.26. The molecule has 0 aliphatic carbocycles. The Morgan fingerprint density at radius 3 is 2.80 bits per heavy atom. The van der Waals surface area contributed by atoms with Crippen LogP contribution in [0.3, 0.4) is 0 Å². The molecule has 0 atom stereocenters. The van der Waals surface area contributed by atoms with E-state index < -0.39 is 5.97 Å². The number of halogens is 1. The number of ether oxygens (including phenoxy) is 1. The molecule has 104 valence electrons. The van der Waals surface area contributed by atoms with Crippen LogP contribution >= 0.6 is 22.9 Å². The van der Waals surface area contributed by atoms with Crippen molar-refractivity contribution in [1.29, 1.82) is 0 Å². The van der Waals surface area contributed by atoms with Gasteiger partial charge in [0.1, 0.15) is 9.88 Å². The summed E-state index contributed by atoms with van der Waals surface area (Å²) in [6.45, 7) is 0. The number of carboxylic acids is 1. The fourth-order valence-electron chi connectivity index (χ4n) is 1.48. The Bertz CT molecular complexity index is 681. The molecule has 1 aromatic carbocycles. The normalized spacial score (nSPS) is 10.9. The Morgan fingerprint density at radius 1 is 1.45 bits per heavy atom. The summed E-state index contributed by atoms with van der Waals surface area (Å²) in [5, 5.41) is 19.2. The summed E-state index contributed by atoms with van der Waals surface area (Å²) in [6.07, 6.45) is 4.68. The van der Waals surface area contributed by atoms with E-state index in [0.29, 0.717) is 10.6 Å². The van der Waals surface area contributed by atoms with Gasteiger partial charge in [-0.15, -0.1) is 11.3 Å². The first-order valence-corrected chi connectivity index (χ1v) is 6.64. The van der Waals surface area contributed by atoms with Crippen LogP contribution in [0.4, 0.5) is 0 Å². The number of benzene rings is 1. The number of carbonyl (C=O) groups is 1. The highest BCUT2D eigenvalue weighted by atomic mass is 35.5. The van der Waals surface area contributed by atoms with Gasteiger partial charge in [0.05, 0.1) is 18.3 Å². The van der Waals surface area contributed by atoms with Gasteiger partial charge in [-0.3, -0.25) is 0 Å². The summed E-state index contributed by atoms with van der Waals surface area (Å²) >= 11 is 6.94. The Morgan fingerprint density at radius 2 is 2.20 bits per heavy atom. The van der Waals surface area contributed by atoms with Crippen LogP contribution in [0, 0.1) is 0 Å². The standard InChI is InChI=1S/C13H10ClNO4S/c1-19-9-5-7(4-8(14)12(9)16)2-3-11-15-6-10(20-11)13(17)18/h2-6,16H,1H3,(H,17,18)/b3-2-. The predicted molar refractivity (Wildman–Crippen MR) is 77.7 cm³/mol. The fraction of sp³-hybridized carbons (Fsp3) is 0.0769. The van der Waals surface area contributed by atoms with Crippen molar-refractivity contribution in [3.8, 4) is 11.5 Å². The number of rotatable bonds is 4. The zero-order valence-corrected chi connectivity index (χ0v) is 11.9. The summed E-state index contributed by atoms with van der Waals surface area (Å²) in [7, 11) is 1.43. The van der Waals surface area contributed by atoms with Crippen molar-refractivity contribution in [3.05, 3.63) is 38.8 Å². The maximum atomic E-state index is 10.7. The first kappa shape index (κ1) is 14.4. The Labute approximate surface area is 123 Å². The SMILES string of the molecule is COc1cc(/C=C\c2ncc(C(=O)O)s2)cc(Cl)c1O. The average molecular weight is 312 g/mol. The van der Waals surface area contributed by atoms with Crippen LogP contribution < -0.4 is 4.74 Å². The topological polar surface area (TPSA) is 79.7 Å². The largest absolute Gasteiger partial charge is 0.503 e. The van der Waals surface area contributed by atoms with Crippen LogP contribution in [0.5, 0.6) is 11.5 Å². The summed E-state index contributed by atoms with van der Waals surface area (Å²) < 4.78 is 5.00. The lowest BCUT2D eigenvalue weighted by Gasteiger charge is -2.06. The van der Waals surface area contributed by atoms with E-state index in [1.807, 2.05) is 0 Å². The molecule has 0 spiro atoms. The van der Waals surface area contributed by atoms with Gasteiger partial charge >= 0.3 is 5.97 Å². The number of methoxy groups -OCH3 is 1. The number of aromatic hydroxyl groups is 1. The zero-order chi connectivity index (χ0) is 14.7. The lowest BCUT2D eigenvalue weighted by Crippen LogP contribution is -1.89. The number of phenolic OH excluding ortho intramolecular Hbond substituents is 1. The van der Waals surface area contributed by atoms with E-state index in [9.17, 15) is 9.90 Å². The number of hydrogen-bond acceptors (Lipinski definition) is 5. The molecule has 0 aliphatic rings. The summed E-state index contributed by atoms with van der Waals surface area (Å²) in [6, 6.07) is 3.19. The predicted octanol–water partition coefficient (Wildman–Crippen LogP) is 3.38. The molecule has 0 unspecified atom stereocenters. The first-order chi connectivity index (χ1) is 9.51. The van der Waals surface area contributed by atoms with Crippen molar-refractivity contribution < 1.29 is 19.7 Å². The van der Waals surface area contributed by atoms with Crippen LogP contribution in [-0.2, 0) is 0 Å². The molecule has 1 heterocycles. The number of nitrogens with zero attached hydrogens (tertiary/aromatic N) is 1. The van der Waals surface area contributed by atoms with Crippen molar-refractivity contribution in [2.24, 2.45) is 0 Å². The van der Waals surface area contributed by atoms with Crippen LogP contribution in [0.25, 0.3) is 12.2 Å². The number of aromatic carboxylic acids is 1. The molecule has 1 aromatic heterocycles. The van der Waals surface area contributed by atoms with E-state index in [0.717, 1.165) is 11.3 Å². The molecule has 2 rings (SSSR count). The molecule has 0 saturated carbocycles. The van der Waals surface area contributed by atoms with Crippen LogP contribution in [0.15, 0.2) is 18.3 Å². The second kappa shape index (κ2) is 5.94. The summed E-state index contributed by atoms with van der Waals surface area (Å²) in [4.78, 5) is 14.9. The lowest BCUT2D eigenvalue weighted by molar-refractivity contribution is 0.0702. The molecule has 20 heavy (non-hydrogen) atoms. The van der Waals surface area contributed by atoms with Gasteiger partial charge in [0.15, 0.2) is 11.5 Å². The first-order valence-electron chi connectivity index (χ1n) is 5.45. The van der Waals surface area contributed by atoms with Crippen molar-refractivity contribution in [1.82, 2.24) is 4.98 Å². The minimum Gasteiger partial charge on any atom is -0.503 e. The van der Waals surface area contributed by atoms with Gasteiger partial charge in [-0.25, -0.2) is 9.78 Å². The van der Waals surface area contributed by atoms with Gasteiger partial charge < -0.3 is 14.9 Å². The highest BCUT2D eigenvalue weighted by Gasteiger charge is 2.08. The molecule has 7 heteroatoms. The molecule has 2 N–H and O–H groups in total. The maximum absolute atomic E-state index is 10.7. The van der Waals surface area contributed by atoms with Gasteiger partial charge in [0.2, 0.25) is 0 Å². The van der Waals surface area contributed by atoms with Gasteiger partial charge in [-0.05, 0) is 23.8 Å². The second-order valence-corrected chi connectivity index (χ2v) is 5.22. The molecular formula is C13H10ClNO4S. The van der Waals surface area contributed by atoms with Gasteiger partial charge in [-0.1, -0.05) is 17.7 Å². The summed E-state index contributed by atoms with van der Waals surface area (Å²) in [5.41, 5.74) is 0.705. The quantitative estimate of drug-likeness (QED) is 0.905. The fourth-order valence-corrected chi connectivity index (χ4v) is 2.36. The minimum absolute atomic E-state index is 0.117. The van der Waals surface area contributed by atoms with Gasteiger partial charge in [0, 0.05) is 0 Å². The third-order valence-electron chi connectivity index (χ3n) is 2.42. The molecule has 0 radical (unpaired) electrons. The van der Waals surface area contributed by atoms with E-state index >= 15 is 0 Å². The average Bonchev–Trinajstić information content (AvgIpc) is 2.89. The molecule has 2 aromatic rings.